The van der Waals surface area contributed by atoms with Crippen LogP contribution in [0.5, 0.6) is 0 Å². The van der Waals surface area contributed by atoms with E-state index in [2.05, 4.69) is 36.1 Å². The topological polar surface area (TPSA) is 12.5 Å². The minimum absolute atomic E-state index is 0.892. The van der Waals surface area contributed by atoms with Gasteiger partial charge in [0.1, 0.15) is 0 Å². The molecule has 13 heavy (non-hydrogen) atoms. The molecule has 1 aliphatic heterocycles. The number of morpholine rings is 1. The Bertz CT molecular complexity index is 169. The van der Waals surface area contributed by atoms with Gasteiger partial charge in [-0.2, -0.15) is 0 Å². The van der Waals surface area contributed by atoms with E-state index in [1.54, 1.807) is 0 Å². The lowest BCUT2D eigenvalue weighted by atomic mass is 10.3. The highest BCUT2D eigenvalue weighted by atomic mass is 16.5. The van der Waals surface area contributed by atoms with Gasteiger partial charge < -0.3 is 4.74 Å². The van der Waals surface area contributed by atoms with E-state index in [-0.39, 0.29) is 0 Å². The summed E-state index contributed by atoms with van der Waals surface area (Å²) in [5.41, 5.74) is 0. The Morgan fingerprint density at radius 2 is 1.92 bits per heavy atom. The largest absolute Gasteiger partial charge is 0.379 e. The summed E-state index contributed by atoms with van der Waals surface area (Å²) in [6.07, 6.45) is 9.76. The Kier molecular flexibility index (Phi) is 5.54. The first-order chi connectivity index (χ1) is 6.43. The lowest BCUT2D eigenvalue weighted by Gasteiger charge is -2.25. The van der Waals surface area contributed by atoms with Crippen molar-refractivity contribution in [3.8, 4) is 0 Å². The number of ether oxygens (including phenoxy) is 1. The summed E-state index contributed by atoms with van der Waals surface area (Å²) >= 11 is 0. The van der Waals surface area contributed by atoms with Crippen LogP contribution in [0.2, 0.25) is 0 Å². The summed E-state index contributed by atoms with van der Waals surface area (Å²) < 4.78 is 5.27. The van der Waals surface area contributed by atoms with Crippen LogP contribution in [-0.2, 0) is 4.74 Å². The molecule has 0 radical (unpaired) electrons. The molecule has 0 N–H and O–H groups in total. The van der Waals surface area contributed by atoms with Crippen molar-refractivity contribution in [3.05, 3.63) is 24.3 Å². The van der Waals surface area contributed by atoms with Gasteiger partial charge in [-0.15, -0.1) is 0 Å². The first kappa shape index (κ1) is 10.5. The second-order valence-corrected chi connectivity index (χ2v) is 3.19. The first-order valence-corrected chi connectivity index (χ1v) is 4.99. The zero-order chi connectivity index (χ0) is 9.36. The average molecular weight is 181 g/mol. The summed E-state index contributed by atoms with van der Waals surface area (Å²) in [4.78, 5) is 2.41. The fourth-order valence-electron chi connectivity index (χ4n) is 1.32. The van der Waals surface area contributed by atoms with Crippen LogP contribution in [0.25, 0.3) is 0 Å². The van der Waals surface area contributed by atoms with Gasteiger partial charge in [-0.3, -0.25) is 4.90 Å². The lowest BCUT2D eigenvalue weighted by Crippen LogP contribution is -2.36. The van der Waals surface area contributed by atoms with Crippen molar-refractivity contribution >= 4 is 0 Å². The third-order valence-corrected chi connectivity index (χ3v) is 2.14. The molecule has 1 rings (SSSR count). The van der Waals surface area contributed by atoms with Gasteiger partial charge in [0.25, 0.3) is 0 Å². The molecule has 0 bridgehead atoms. The fourth-order valence-corrected chi connectivity index (χ4v) is 1.32. The number of hydrogen-bond donors (Lipinski definition) is 0. The van der Waals surface area contributed by atoms with Gasteiger partial charge in [0.05, 0.1) is 13.2 Å². The average Bonchev–Trinajstić information content (AvgIpc) is 2.19. The molecule has 1 fully saturated rings. The van der Waals surface area contributed by atoms with Crippen molar-refractivity contribution in [2.45, 2.75) is 13.3 Å². The van der Waals surface area contributed by atoms with Gasteiger partial charge >= 0.3 is 0 Å². The molecule has 0 atom stereocenters. The van der Waals surface area contributed by atoms with Crippen molar-refractivity contribution in [3.63, 3.8) is 0 Å². The van der Waals surface area contributed by atoms with Crippen molar-refractivity contribution in [2.75, 3.05) is 32.8 Å². The standard InChI is InChI=1S/C11H19NO/c1-2-3-4-5-6-7-12-8-10-13-11-9-12/h2-3,5-6H,4,7-11H2,1H3/b3-2-,6-5+. The predicted molar refractivity (Wildman–Crippen MR) is 55.8 cm³/mol. The molecular formula is C11H19NO. The molecule has 0 aromatic rings. The quantitative estimate of drug-likeness (QED) is 0.614. The summed E-state index contributed by atoms with van der Waals surface area (Å²) in [6.45, 7) is 7.06. The van der Waals surface area contributed by atoms with Crippen molar-refractivity contribution in [1.82, 2.24) is 4.90 Å². The maximum atomic E-state index is 5.27. The number of hydrogen-bond acceptors (Lipinski definition) is 2. The van der Waals surface area contributed by atoms with Gasteiger partial charge in [0, 0.05) is 19.6 Å². The van der Waals surface area contributed by atoms with Crippen molar-refractivity contribution in [2.24, 2.45) is 0 Å². The van der Waals surface area contributed by atoms with E-state index in [4.69, 9.17) is 4.74 Å². The summed E-state index contributed by atoms with van der Waals surface area (Å²) in [7, 11) is 0. The summed E-state index contributed by atoms with van der Waals surface area (Å²) in [5.74, 6) is 0. The van der Waals surface area contributed by atoms with E-state index in [0.717, 1.165) is 39.3 Å². The number of rotatable bonds is 4. The van der Waals surface area contributed by atoms with Crippen LogP contribution in [0.15, 0.2) is 24.3 Å². The predicted octanol–water partition coefficient (Wildman–Crippen LogP) is 1.84. The molecule has 0 aromatic heterocycles. The zero-order valence-electron chi connectivity index (χ0n) is 8.41. The van der Waals surface area contributed by atoms with Gasteiger partial charge in [-0.25, -0.2) is 0 Å². The SMILES string of the molecule is C/C=C\C/C=C/CN1CCOCC1. The molecule has 0 aliphatic carbocycles. The van der Waals surface area contributed by atoms with Gasteiger partial charge in [0.15, 0.2) is 0 Å². The molecule has 1 heterocycles. The molecule has 0 aromatic carbocycles. The minimum Gasteiger partial charge on any atom is -0.379 e. The Morgan fingerprint density at radius 3 is 2.62 bits per heavy atom. The van der Waals surface area contributed by atoms with E-state index in [9.17, 15) is 0 Å². The maximum Gasteiger partial charge on any atom is 0.0594 e. The molecule has 0 unspecified atom stereocenters. The highest BCUT2D eigenvalue weighted by molar-refractivity contribution is 4.92. The van der Waals surface area contributed by atoms with Crippen molar-refractivity contribution < 1.29 is 4.74 Å². The Labute approximate surface area is 80.9 Å². The van der Waals surface area contributed by atoms with Crippen LogP contribution in [0, 0.1) is 0 Å². The summed E-state index contributed by atoms with van der Waals surface area (Å²) in [5, 5.41) is 0. The molecule has 2 heteroatoms. The second-order valence-electron chi connectivity index (χ2n) is 3.19. The second kappa shape index (κ2) is 6.87. The van der Waals surface area contributed by atoms with Crippen LogP contribution in [-0.4, -0.2) is 37.7 Å². The van der Waals surface area contributed by atoms with Crippen LogP contribution in [0.3, 0.4) is 0 Å². The maximum absolute atomic E-state index is 5.27. The van der Waals surface area contributed by atoms with Crippen LogP contribution in [0.1, 0.15) is 13.3 Å². The van der Waals surface area contributed by atoms with E-state index in [1.807, 2.05) is 0 Å². The Balaban J connectivity index is 2.06. The Hall–Kier alpha value is -0.600. The van der Waals surface area contributed by atoms with E-state index >= 15 is 0 Å². The van der Waals surface area contributed by atoms with Crippen LogP contribution < -0.4 is 0 Å². The van der Waals surface area contributed by atoms with Crippen LogP contribution in [0.4, 0.5) is 0 Å². The summed E-state index contributed by atoms with van der Waals surface area (Å²) in [6, 6.07) is 0. The van der Waals surface area contributed by atoms with Crippen molar-refractivity contribution in [1.29, 1.82) is 0 Å². The number of allylic oxidation sites excluding steroid dienone is 3. The molecular weight excluding hydrogens is 162 g/mol. The molecule has 74 valence electrons. The van der Waals surface area contributed by atoms with Crippen LogP contribution >= 0.6 is 0 Å². The van der Waals surface area contributed by atoms with Gasteiger partial charge in [-0.05, 0) is 13.3 Å². The molecule has 1 saturated heterocycles. The minimum atomic E-state index is 0.892. The lowest BCUT2D eigenvalue weighted by molar-refractivity contribution is 0.0434. The zero-order valence-corrected chi connectivity index (χ0v) is 8.41. The normalized spacial score (nSPS) is 20.4. The fraction of sp³-hybridized carbons (Fsp3) is 0.636. The molecule has 2 nitrogen and oxygen atoms in total. The molecule has 0 spiro atoms. The van der Waals surface area contributed by atoms with E-state index in [1.165, 1.54) is 0 Å². The number of nitrogens with zero attached hydrogens (tertiary/aromatic N) is 1. The van der Waals surface area contributed by atoms with Gasteiger partial charge in [0.2, 0.25) is 0 Å². The third kappa shape index (κ3) is 4.86. The first-order valence-electron chi connectivity index (χ1n) is 4.99. The third-order valence-electron chi connectivity index (χ3n) is 2.14. The smallest absolute Gasteiger partial charge is 0.0594 e. The monoisotopic (exact) mass is 181 g/mol. The highest BCUT2D eigenvalue weighted by Gasteiger charge is 2.06. The highest BCUT2D eigenvalue weighted by Crippen LogP contribution is 1.96. The van der Waals surface area contributed by atoms with E-state index < -0.39 is 0 Å². The molecule has 0 saturated carbocycles. The Morgan fingerprint density at radius 1 is 1.15 bits per heavy atom. The molecule has 0 amide bonds. The van der Waals surface area contributed by atoms with E-state index in [0.29, 0.717) is 0 Å². The molecule has 1 aliphatic rings. The van der Waals surface area contributed by atoms with Gasteiger partial charge in [-0.1, -0.05) is 24.3 Å².